The number of thioether (sulfide) groups is 1. The van der Waals surface area contributed by atoms with Gasteiger partial charge in [0.25, 0.3) is 5.22 Å². The van der Waals surface area contributed by atoms with E-state index in [1.807, 2.05) is 24.3 Å². The maximum Gasteiger partial charge on any atom is 0.325 e. The highest BCUT2D eigenvalue weighted by Gasteiger charge is 2.22. The van der Waals surface area contributed by atoms with Crippen LogP contribution in [0, 0.1) is 5.82 Å². The molecule has 0 fully saturated rings. The Kier molecular flexibility index (Phi) is 10.8. The van der Waals surface area contributed by atoms with Crippen LogP contribution in [0.3, 0.4) is 0 Å². The lowest BCUT2D eigenvalue weighted by atomic mass is 10.1. The molecule has 7 nitrogen and oxygen atoms in total. The minimum absolute atomic E-state index is 0.103. The van der Waals surface area contributed by atoms with Crippen molar-refractivity contribution in [2.24, 2.45) is 0 Å². The molecule has 1 atom stereocenters. The van der Waals surface area contributed by atoms with E-state index in [9.17, 15) is 8.96 Å². The molecule has 0 aliphatic carbocycles. The van der Waals surface area contributed by atoms with Crippen LogP contribution in [0.5, 0.6) is 0 Å². The third-order valence-corrected chi connectivity index (χ3v) is 7.71. The van der Waals surface area contributed by atoms with Crippen LogP contribution in [0.15, 0.2) is 52.1 Å². The van der Waals surface area contributed by atoms with Crippen LogP contribution in [0.2, 0.25) is 5.02 Å². The van der Waals surface area contributed by atoms with Gasteiger partial charge >= 0.3 is 7.60 Å². The van der Waals surface area contributed by atoms with Crippen LogP contribution in [-0.2, 0) is 11.1 Å². The molecule has 0 aliphatic rings. The molecule has 0 spiro atoms. The second-order valence-corrected chi connectivity index (χ2v) is 11.6. The summed E-state index contributed by atoms with van der Waals surface area (Å²) >= 11 is 7.36. The lowest BCUT2D eigenvalue weighted by Gasteiger charge is -2.16. The molecular formula is C24H30ClFN3O4PS. The van der Waals surface area contributed by atoms with Crippen LogP contribution in [0.25, 0.3) is 11.5 Å². The number of aromatic nitrogens is 2. The van der Waals surface area contributed by atoms with Gasteiger partial charge in [-0.1, -0.05) is 73.8 Å². The lowest BCUT2D eigenvalue weighted by molar-refractivity contribution is 0.371. The van der Waals surface area contributed by atoms with Gasteiger partial charge in [0.1, 0.15) is 5.82 Å². The van der Waals surface area contributed by atoms with Gasteiger partial charge in [-0.15, -0.1) is 10.2 Å². The van der Waals surface area contributed by atoms with Crippen molar-refractivity contribution in [1.82, 2.24) is 15.5 Å². The average molecular weight is 542 g/mol. The molecule has 2 aromatic carbocycles. The normalized spacial score (nSPS) is 12.7. The first kappa shape index (κ1) is 27.8. The van der Waals surface area contributed by atoms with Crippen molar-refractivity contribution in [3.63, 3.8) is 0 Å². The van der Waals surface area contributed by atoms with Crippen molar-refractivity contribution in [2.75, 3.05) is 12.7 Å². The molecule has 190 valence electrons. The van der Waals surface area contributed by atoms with Gasteiger partial charge < -0.3 is 19.5 Å². The fourth-order valence-electron chi connectivity index (χ4n) is 3.53. The zero-order chi connectivity index (χ0) is 25.3. The molecule has 0 radical (unpaired) electrons. The summed E-state index contributed by atoms with van der Waals surface area (Å²) in [5, 5.41) is 11.8. The average Bonchev–Trinajstić information content (AvgIpc) is 3.28. The summed E-state index contributed by atoms with van der Waals surface area (Å²) in [5.74, 6) is -0.0265. The highest BCUT2D eigenvalue weighted by molar-refractivity contribution is 7.99. The predicted octanol–water partition coefficient (Wildman–Crippen LogP) is 6.60. The summed E-state index contributed by atoms with van der Waals surface area (Å²) in [6, 6.07) is 12.7. The van der Waals surface area contributed by atoms with E-state index < -0.39 is 13.4 Å². The highest BCUT2D eigenvalue weighted by atomic mass is 35.5. The second kappa shape index (κ2) is 13.5. The van der Waals surface area contributed by atoms with Gasteiger partial charge in [-0.05, 0) is 43.1 Å². The van der Waals surface area contributed by atoms with Crippen molar-refractivity contribution >= 4 is 31.0 Å². The summed E-state index contributed by atoms with van der Waals surface area (Å²) in [6.07, 6.45) is 4.13. The third kappa shape index (κ3) is 9.01. The first-order valence-electron chi connectivity index (χ1n) is 11.6. The molecule has 1 aromatic heterocycles. The molecule has 0 saturated heterocycles. The third-order valence-electron chi connectivity index (χ3n) is 5.38. The number of nitrogens with one attached hydrogen (secondary N) is 1. The fraction of sp³-hybridized carbons (Fsp3) is 0.417. The quantitative estimate of drug-likeness (QED) is 0.119. The van der Waals surface area contributed by atoms with Crippen LogP contribution >= 0.6 is 31.0 Å². The largest absolute Gasteiger partial charge is 0.411 e. The Bertz CT molecular complexity index is 1130. The van der Waals surface area contributed by atoms with E-state index in [1.54, 1.807) is 18.2 Å². The Balaban J connectivity index is 1.61. The zero-order valence-corrected chi connectivity index (χ0v) is 22.0. The standard InChI is InChI=1S/C24H30ClFN3O4PS/c1-2-3-4-9-21(19-7-5-8-20(25)22(19)26)35-24-29-28-23(33-24)18-12-10-17(11-13-18)16-27-14-6-15-34(30,31)32/h5,7-8,10-13,21,27H,2-4,6,9,14-16H2,1H3,(H2,30,31,32). The first-order valence-corrected chi connectivity index (χ1v) is 14.6. The smallest absolute Gasteiger partial charge is 0.325 e. The minimum atomic E-state index is -3.94. The second-order valence-electron chi connectivity index (χ2n) is 8.23. The molecule has 0 aliphatic heterocycles. The Morgan fingerprint density at radius 2 is 1.91 bits per heavy atom. The van der Waals surface area contributed by atoms with Gasteiger partial charge in [-0.2, -0.15) is 0 Å². The van der Waals surface area contributed by atoms with Crippen LogP contribution < -0.4 is 5.32 Å². The van der Waals surface area contributed by atoms with Gasteiger partial charge in [0, 0.05) is 22.9 Å². The van der Waals surface area contributed by atoms with Crippen LogP contribution in [0.4, 0.5) is 4.39 Å². The number of hydrogen-bond donors (Lipinski definition) is 3. The Morgan fingerprint density at radius 1 is 1.14 bits per heavy atom. The fourth-order valence-corrected chi connectivity index (χ4v) is 5.33. The number of halogens is 2. The molecular weight excluding hydrogens is 512 g/mol. The maximum atomic E-state index is 14.7. The lowest BCUT2D eigenvalue weighted by Crippen LogP contribution is -2.15. The van der Waals surface area contributed by atoms with E-state index in [2.05, 4.69) is 22.4 Å². The maximum absolute atomic E-state index is 14.7. The molecule has 0 bridgehead atoms. The monoisotopic (exact) mass is 541 g/mol. The topological polar surface area (TPSA) is 108 Å². The van der Waals surface area contributed by atoms with Crippen molar-refractivity contribution in [1.29, 1.82) is 0 Å². The van der Waals surface area contributed by atoms with Crippen molar-refractivity contribution in [3.8, 4) is 11.5 Å². The molecule has 3 rings (SSSR count). The number of nitrogens with zero attached hydrogens (tertiary/aromatic N) is 2. The summed E-state index contributed by atoms with van der Waals surface area (Å²) < 4.78 is 31.5. The molecule has 1 unspecified atom stereocenters. The molecule has 35 heavy (non-hydrogen) atoms. The van der Waals surface area contributed by atoms with E-state index in [-0.39, 0.29) is 16.4 Å². The Labute approximate surface area is 214 Å². The zero-order valence-electron chi connectivity index (χ0n) is 19.5. The van der Waals surface area contributed by atoms with Gasteiger partial charge in [0.05, 0.1) is 11.2 Å². The highest BCUT2D eigenvalue weighted by Crippen LogP contribution is 2.41. The molecule has 0 saturated carbocycles. The van der Waals surface area contributed by atoms with Crippen molar-refractivity contribution < 1.29 is 23.2 Å². The molecule has 1 heterocycles. The first-order chi connectivity index (χ1) is 16.8. The number of hydrogen-bond acceptors (Lipinski definition) is 6. The SMILES string of the molecule is CCCCCC(Sc1nnc(-c2ccc(CNCCCP(=O)(O)O)cc2)o1)c1cccc(Cl)c1F. The summed E-state index contributed by atoms with van der Waals surface area (Å²) in [4.78, 5) is 17.8. The predicted molar refractivity (Wildman–Crippen MR) is 137 cm³/mol. The van der Waals surface area contributed by atoms with Gasteiger partial charge in [-0.25, -0.2) is 4.39 Å². The number of benzene rings is 2. The Morgan fingerprint density at radius 3 is 2.63 bits per heavy atom. The molecule has 0 amide bonds. The van der Waals surface area contributed by atoms with E-state index in [1.165, 1.54) is 11.8 Å². The Hall–Kier alpha value is -1.74. The van der Waals surface area contributed by atoms with Gasteiger partial charge in [0.15, 0.2) is 0 Å². The van der Waals surface area contributed by atoms with E-state index >= 15 is 0 Å². The van der Waals surface area contributed by atoms with E-state index in [4.69, 9.17) is 25.8 Å². The van der Waals surface area contributed by atoms with Crippen molar-refractivity contribution in [2.45, 2.75) is 56.0 Å². The van der Waals surface area contributed by atoms with Crippen molar-refractivity contribution in [3.05, 3.63) is 64.4 Å². The van der Waals surface area contributed by atoms with Gasteiger partial charge in [0.2, 0.25) is 5.89 Å². The molecule has 11 heteroatoms. The summed E-state index contributed by atoms with van der Waals surface area (Å²) in [6.45, 7) is 3.22. The van der Waals surface area contributed by atoms with Gasteiger partial charge in [-0.3, -0.25) is 4.57 Å². The molecule has 3 aromatic rings. The number of unbranched alkanes of at least 4 members (excludes halogenated alkanes) is 2. The minimum Gasteiger partial charge on any atom is -0.411 e. The van der Waals surface area contributed by atoms with E-state index in [0.717, 1.165) is 36.8 Å². The molecule has 3 N–H and O–H groups in total. The number of rotatable bonds is 14. The van der Waals surface area contributed by atoms with Crippen LogP contribution in [0.1, 0.15) is 55.4 Å². The summed E-state index contributed by atoms with van der Waals surface area (Å²) in [5.41, 5.74) is 2.33. The summed E-state index contributed by atoms with van der Waals surface area (Å²) in [7, 11) is -3.94. The van der Waals surface area contributed by atoms with Crippen LogP contribution in [-0.4, -0.2) is 32.7 Å². The van der Waals surface area contributed by atoms with E-state index in [0.29, 0.717) is 36.2 Å².